The third kappa shape index (κ3) is 4.39. The highest BCUT2D eigenvalue weighted by molar-refractivity contribution is 5.64. The number of anilines is 4. The zero-order valence-corrected chi connectivity index (χ0v) is 16.1. The molecule has 0 saturated carbocycles. The number of aromatic nitrogens is 2. The van der Waals surface area contributed by atoms with Gasteiger partial charge in [-0.25, -0.2) is 4.98 Å². The van der Waals surface area contributed by atoms with Crippen LogP contribution in [-0.2, 0) is 19.0 Å². The standard InChI is InChI=1S/C20H25F3N6/c21-20(22,23)12-8-14(25)10-15(9-12)26-19-27-17-6-2-1-5-16(17)18(28-19)29-7-3-4-13(24)11-29/h8-10,13H,1-7,11,24-25H2,(H,26,27,28). The largest absolute Gasteiger partial charge is 0.416 e. The summed E-state index contributed by atoms with van der Waals surface area (Å²) in [7, 11) is 0. The molecule has 1 atom stereocenters. The molecule has 1 saturated heterocycles. The lowest BCUT2D eigenvalue weighted by molar-refractivity contribution is -0.137. The molecule has 1 unspecified atom stereocenters. The second-order valence-corrected chi connectivity index (χ2v) is 7.82. The molecule has 29 heavy (non-hydrogen) atoms. The summed E-state index contributed by atoms with van der Waals surface area (Å²) < 4.78 is 39.4. The smallest absolute Gasteiger partial charge is 0.399 e. The fourth-order valence-corrected chi connectivity index (χ4v) is 4.11. The van der Waals surface area contributed by atoms with Crippen LogP contribution in [0.4, 0.5) is 36.3 Å². The number of hydrogen-bond acceptors (Lipinski definition) is 6. The second-order valence-electron chi connectivity index (χ2n) is 7.82. The van der Waals surface area contributed by atoms with Gasteiger partial charge in [-0.2, -0.15) is 18.2 Å². The Morgan fingerprint density at radius 2 is 1.86 bits per heavy atom. The Balaban J connectivity index is 1.70. The molecule has 0 amide bonds. The first-order valence-electron chi connectivity index (χ1n) is 9.95. The predicted molar refractivity (Wildman–Crippen MR) is 107 cm³/mol. The number of hydrogen-bond donors (Lipinski definition) is 3. The van der Waals surface area contributed by atoms with E-state index in [2.05, 4.69) is 20.2 Å². The van der Waals surface area contributed by atoms with Gasteiger partial charge in [0.15, 0.2) is 0 Å². The minimum absolute atomic E-state index is 0.0301. The maximum atomic E-state index is 13.1. The van der Waals surface area contributed by atoms with E-state index in [1.165, 1.54) is 6.07 Å². The summed E-state index contributed by atoms with van der Waals surface area (Å²) in [4.78, 5) is 11.5. The number of halogens is 3. The van der Waals surface area contributed by atoms with Crippen molar-refractivity contribution in [2.75, 3.05) is 29.0 Å². The number of nitrogens with one attached hydrogen (secondary N) is 1. The fraction of sp³-hybridized carbons (Fsp3) is 0.500. The zero-order chi connectivity index (χ0) is 20.6. The summed E-state index contributed by atoms with van der Waals surface area (Å²) in [6.45, 7) is 1.59. The van der Waals surface area contributed by atoms with E-state index in [1.807, 2.05) is 0 Å². The number of alkyl halides is 3. The molecular formula is C20H25F3N6. The molecule has 5 N–H and O–H groups in total. The summed E-state index contributed by atoms with van der Waals surface area (Å²) >= 11 is 0. The molecular weight excluding hydrogens is 381 g/mol. The number of nitrogens with two attached hydrogens (primary N) is 2. The van der Waals surface area contributed by atoms with Crippen LogP contribution in [0.15, 0.2) is 18.2 Å². The zero-order valence-electron chi connectivity index (χ0n) is 16.1. The van der Waals surface area contributed by atoms with Gasteiger partial charge >= 0.3 is 6.18 Å². The van der Waals surface area contributed by atoms with Gasteiger partial charge < -0.3 is 21.7 Å². The number of fused-ring (bicyclic) bond motifs is 1. The van der Waals surface area contributed by atoms with Gasteiger partial charge in [-0.15, -0.1) is 0 Å². The minimum Gasteiger partial charge on any atom is -0.399 e. The number of nitrogen functional groups attached to an aromatic ring is 1. The van der Waals surface area contributed by atoms with Gasteiger partial charge in [0.2, 0.25) is 5.95 Å². The maximum absolute atomic E-state index is 13.1. The molecule has 1 aromatic carbocycles. The molecule has 1 fully saturated rings. The van der Waals surface area contributed by atoms with Gasteiger partial charge in [0.1, 0.15) is 5.82 Å². The van der Waals surface area contributed by atoms with Crippen molar-refractivity contribution < 1.29 is 13.2 Å². The molecule has 1 aliphatic carbocycles. The van der Waals surface area contributed by atoms with Gasteiger partial charge in [0.05, 0.1) is 11.3 Å². The van der Waals surface area contributed by atoms with E-state index in [0.29, 0.717) is 5.95 Å². The normalized spacial score (nSPS) is 19.7. The lowest BCUT2D eigenvalue weighted by atomic mass is 9.95. The Morgan fingerprint density at radius 3 is 2.62 bits per heavy atom. The molecule has 0 spiro atoms. The first-order valence-corrected chi connectivity index (χ1v) is 9.95. The number of rotatable bonds is 3. The van der Waals surface area contributed by atoms with Gasteiger partial charge in [-0.05, 0) is 56.7 Å². The topological polar surface area (TPSA) is 93.1 Å². The lowest BCUT2D eigenvalue weighted by Gasteiger charge is -2.34. The van der Waals surface area contributed by atoms with Gasteiger partial charge in [-0.3, -0.25) is 0 Å². The Kier molecular flexibility index (Phi) is 5.24. The fourth-order valence-electron chi connectivity index (χ4n) is 4.11. The predicted octanol–water partition coefficient (Wildman–Crippen LogP) is 3.63. The summed E-state index contributed by atoms with van der Waals surface area (Å²) in [5.41, 5.74) is 13.4. The van der Waals surface area contributed by atoms with E-state index in [9.17, 15) is 13.2 Å². The monoisotopic (exact) mass is 406 g/mol. The van der Waals surface area contributed by atoms with Crippen molar-refractivity contribution in [3.8, 4) is 0 Å². The minimum atomic E-state index is -4.47. The quantitative estimate of drug-likeness (QED) is 0.674. The molecule has 6 nitrogen and oxygen atoms in total. The van der Waals surface area contributed by atoms with E-state index >= 15 is 0 Å². The Labute approximate surface area is 167 Å². The first kappa shape index (κ1) is 19.8. The molecule has 1 aliphatic heterocycles. The van der Waals surface area contributed by atoms with Gasteiger partial charge in [0, 0.05) is 36.1 Å². The van der Waals surface area contributed by atoms with Crippen LogP contribution in [0.1, 0.15) is 42.5 Å². The van der Waals surface area contributed by atoms with Crippen LogP contribution in [-0.4, -0.2) is 29.1 Å². The average molecular weight is 406 g/mol. The van der Waals surface area contributed by atoms with Crippen molar-refractivity contribution in [2.24, 2.45) is 5.73 Å². The number of benzene rings is 1. The lowest BCUT2D eigenvalue weighted by Crippen LogP contribution is -2.43. The van der Waals surface area contributed by atoms with Crippen LogP contribution >= 0.6 is 0 Å². The Morgan fingerprint density at radius 1 is 1.07 bits per heavy atom. The Bertz CT molecular complexity index is 899. The molecule has 0 bridgehead atoms. The van der Waals surface area contributed by atoms with Crippen molar-refractivity contribution in [2.45, 2.75) is 50.7 Å². The van der Waals surface area contributed by atoms with E-state index in [0.717, 1.165) is 80.8 Å². The molecule has 4 rings (SSSR count). The van der Waals surface area contributed by atoms with Crippen molar-refractivity contribution >= 4 is 23.1 Å². The highest BCUT2D eigenvalue weighted by Gasteiger charge is 2.31. The van der Waals surface area contributed by atoms with Crippen LogP contribution in [0.3, 0.4) is 0 Å². The SMILES string of the molecule is Nc1cc(Nc2nc3c(c(N4CCCC(N)C4)n2)CCCC3)cc(C(F)(F)F)c1. The summed E-state index contributed by atoms with van der Waals surface area (Å²) in [5, 5.41) is 2.94. The van der Waals surface area contributed by atoms with Crippen LogP contribution in [0.5, 0.6) is 0 Å². The summed E-state index contributed by atoms with van der Waals surface area (Å²) in [5.74, 6) is 1.14. The molecule has 1 aromatic heterocycles. The van der Waals surface area contributed by atoms with Crippen LogP contribution < -0.4 is 21.7 Å². The van der Waals surface area contributed by atoms with Crippen molar-refractivity contribution in [3.63, 3.8) is 0 Å². The van der Waals surface area contributed by atoms with E-state index < -0.39 is 11.7 Å². The van der Waals surface area contributed by atoms with Crippen LogP contribution in [0.2, 0.25) is 0 Å². The van der Waals surface area contributed by atoms with E-state index in [1.54, 1.807) is 0 Å². The third-order valence-corrected chi connectivity index (χ3v) is 5.46. The number of nitrogens with zero attached hydrogens (tertiary/aromatic N) is 3. The molecule has 2 heterocycles. The highest BCUT2D eigenvalue weighted by Crippen LogP contribution is 2.35. The second kappa shape index (κ2) is 7.70. The highest BCUT2D eigenvalue weighted by atomic mass is 19.4. The number of piperidine rings is 1. The molecule has 2 aliphatic rings. The van der Waals surface area contributed by atoms with Crippen molar-refractivity contribution in [1.82, 2.24) is 9.97 Å². The maximum Gasteiger partial charge on any atom is 0.416 e. The molecule has 2 aromatic rings. The summed E-state index contributed by atoms with van der Waals surface area (Å²) in [6, 6.07) is 3.49. The van der Waals surface area contributed by atoms with Crippen molar-refractivity contribution in [1.29, 1.82) is 0 Å². The molecule has 156 valence electrons. The molecule has 0 radical (unpaired) electrons. The van der Waals surface area contributed by atoms with E-state index in [-0.39, 0.29) is 17.4 Å². The number of aryl methyl sites for hydroxylation is 1. The van der Waals surface area contributed by atoms with Crippen molar-refractivity contribution in [3.05, 3.63) is 35.0 Å². The average Bonchev–Trinajstić information content (AvgIpc) is 2.66. The third-order valence-electron chi connectivity index (χ3n) is 5.46. The van der Waals surface area contributed by atoms with Gasteiger partial charge in [-0.1, -0.05) is 0 Å². The summed E-state index contributed by atoms with van der Waals surface area (Å²) in [6.07, 6.45) is 1.37. The molecule has 9 heteroatoms. The Hall–Kier alpha value is -2.55. The van der Waals surface area contributed by atoms with Crippen LogP contribution in [0.25, 0.3) is 0 Å². The van der Waals surface area contributed by atoms with Gasteiger partial charge in [0.25, 0.3) is 0 Å². The van der Waals surface area contributed by atoms with Crippen LogP contribution in [0, 0.1) is 0 Å². The van der Waals surface area contributed by atoms with E-state index in [4.69, 9.17) is 11.5 Å². The first-order chi connectivity index (χ1) is 13.8.